The Kier molecular flexibility index (Phi) is 10.2. The van der Waals surface area contributed by atoms with E-state index in [1.54, 1.807) is 11.8 Å². The van der Waals surface area contributed by atoms with Crippen molar-refractivity contribution in [2.75, 3.05) is 13.2 Å². The Morgan fingerprint density at radius 3 is 2.27 bits per heavy atom. The molecule has 180 valence electrons. The summed E-state index contributed by atoms with van der Waals surface area (Å²) in [5.74, 6) is 1.18. The van der Waals surface area contributed by atoms with Crippen LogP contribution in [0.15, 0.2) is 42.5 Å². The summed E-state index contributed by atoms with van der Waals surface area (Å²) < 4.78 is 11.3. The van der Waals surface area contributed by atoms with Gasteiger partial charge in [0, 0.05) is 19.0 Å². The molecule has 2 rings (SSSR count). The fourth-order valence-corrected chi connectivity index (χ4v) is 3.64. The van der Waals surface area contributed by atoms with Gasteiger partial charge in [-0.15, -0.1) is 0 Å². The summed E-state index contributed by atoms with van der Waals surface area (Å²) in [4.78, 5) is 27.7. The molecular formula is C27H38N2O4. The maximum absolute atomic E-state index is 13.3. The summed E-state index contributed by atoms with van der Waals surface area (Å²) in [7, 11) is 0. The Balaban J connectivity index is 2.18. The maximum atomic E-state index is 13.3. The van der Waals surface area contributed by atoms with Crippen LogP contribution < -0.4 is 14.8 Å². The minimum atomic E-state index is -0.570. The van der Waals surface area contributed by atoms with E-state index < -0.39 is 6.04 Å². The normalized spacial score (nSPS) is 11.7. The Hall–Kier alpha value is -3.02. The Labute approximate surface area is 198 Å². The van der Waals surface area contributed by atoms with Gasteiger partial charge in [0.2, 0.25) is 11.8 Å². The van der Waals surface area contributed by atoms with Crippen molar-refractivity contribution in [3.05, 3.63) is 59.2 Å². The largest absolute Gasteiger partial charge is 0.490 e. The first kappa shape index (κ1) is 26.2. The van der Waals surface area contributed by atoms with Crippen molar-refractivity contribution >= 4 is 11.8 Å². The van der Waals surface area contributed by atoms with Gasteiger partial charge in [-0.2, -0.15) is 0 Å². The van der Waals surface area contributed by atoms with Crippen LogP contribution in [0, 0.1) is 6.92 Å². The second kappa shape index (κ2) is 12.9. The lowest BCUT2D eigenvalue weighted by Crippen LogP contribution is -2.49. The monoisotopic (exact) mass is 454 g/mol. The first-order valence-corrected chi connectivity index (χ1v) is 11.8. The van der Waals surface area contributed by atoms with Crippen LogP contribution in [0.3, 0.4) is 0 Å². The zero-order valence-corrected chi connectivity index (χ0v) is 20.8. The molecule has 0 bridgehead atoms. The molecule has 2 aromatic rings. The van der Waals surface area contributed by atoms with E-state index >= 15 is 0 Å². The van der Waals surface area contributed by atoms with Gasteiger partial charge in [-0.3, -0.25) is 9.59 Å². The molecule has 6 heteroatoms. The number of hydrogen-bond acceptors (Lipinski definition) is 4. The Morgan fingerprint density at radius 2 is 1.64 bits per heavy atom. The van der Waals surface area contributed by atoms with Crippen molar-refractivity contribution in [1.82, 2.24) is 10.2 Å². The Morgan fingerprint density at radius 1 is 0.939 bits per heavy atom. The molecule has 33 heavy (non-hydrogen) atoms. The number of nitrogens with one attached hydrogen (secondary N) is 1. The van der Waals surface area contributed by atoms with Crippen LogP contribution >= 0.6 is 0 Å². The van der Waals surface area contributed by atoms with Crippen molar-refractivity contribution in [2.45, 2.75) is 73.0 Å². The quantitative estimate of drug-likeness (QED) is 0.506. The molecule has 0 heterocycles. The molecular weight excluding hydrogens is 416 g/mol. The molecule has 2 amide bonds. The molecule has 2 aromatic carbocycles. The third kappa shape index (κ3) is 8.12. The molecule has 0 spiro atoms. The number of aryl methyl sites for hydroxylation is 2. The Bertz CT molecular complexity index is 926. The summed E-state index contributed by atoms with van der Waals surface area (Å²) >= 11 is 0. The third-order valence-electron chi connectivity index (χ3n) is 5.27. The average molecular weight is 455 g/mol. The van der Waals surface area contributed by atoms with Gasteiger partial charge in [0.05, 0.1) is 13.2 Å². The molecule has 0 saturated carbocycles. The van der Waals surface area contributed by atoms with E-state index in [4.69, 9.17) is 9.47 Å². The van der Waals surface area contributed by atoms with Gasteiger partial charge in [0.25, 0.3) is 0 Å². The van der Waals surface area contributed by atoms with Crippen molar-refractivity contribution < 1.29 is 19.1 Å². The highest BCUT2D eigenvalue weighted by Gasteiger charge is 2.26. The van der Waals surface area contributed by atoms with Gasteiger partial charge in [-0.25, -0.2) is 0 Å². The topological polar surface area (TPSA) is 67.9 Å². The van der Waals surface area contributed by atoms with Gasteiger partial charge in [-0.05, 0) is 71.2 Å². The van der Waals surface area contributed by atoms with Crippen LogP contribution in [-0.2, 0) is 22.6 Å². The first-order valence-electron chi connectivity index (χ1n) is 11.8. The van der Waals surface area contributed by atoms with E-state index in [1.165, 1.54) is 0 Å². The summed E-state index contributed by atoms with van der Waals surface area (Å²) in [6.45, 7) is 13.0. The van der Waals surface area contributed by atoms with Crippen LogP contribution in [0.4, 0.5) is 0 Å². The zero-order chi connectivity index (χ0) is 24.4. The second-order valence-corrected chi connectivity index (χ2v) is 8.50. The van der Waals surface area contributed by atoms with Crippen LogP contribution in [-0.4, -0.2) is 42.0 Å². The molecule has 0 aromatic heterocycles. The van der Waals surface area contributed by atoms with Gasteiger partial charge >= 0.3 is 0 Å². The van der Waals surface area contributed by atoms with Crippen LogP contribution in [0.2, 0.25) is 0 Å². The molecule has 0 aliphatic heterocycles. The molecule has 0 fully saturated rings. The molecule has 0 aliphatic carbocycles. The van der Waals surface area contributed by atoms with Crippen molar-refractivity contribution in [3.63, 3.8) is 0 Å². The lowest BCUT2D eigenvalue weighted by molar-refractivity contribution is -0.140. The zero-order valence-electron chi connectivity index (χ0n) is 20.8. The van der Waals surface area contributed by atoms with Crippen LogP contribution in [0.5, 0.6) is 11.5 Å². The minimum Gasteiger partial charge on any atom is -0.490 e. The maximum Gasteiger partial charge on any atom is 0.242 e. The van der Waals surface area contributed by atoms with Gasteiger partial charge < -0.3 is 19.7 Å². The van der Waals surface area contributed by atoms with Crippen LogP contribution in [0.1, 0.15) is 57.7 Å². The van der Waals surface area contributed by atoms with Crippen molar-refractivity contribution in [1.29, 1.82) is 0 Å². The number of carbonyl (C=O) groups excluding carboxylic acids is 2. The van der Waals surface area contributed by atoms with Gasteiger partial charge in [0.15, 0.2) is 11.5 Å². The molecule has 0 radical (unpaired) electrons. The lowest BCUT2D eigenvalue weighted by atomic mass is 10.1. The predicted octanol–water partition coefficient (Wildman–Crippen LogP) is 4.67. The lowest BCUT2D eigenvalue weighted by Gasteiger charge is -2.29. The highest BCUT2D eigenvalue weighted by molar-refractivity contribution is 5.87. The second-order valence-electron chi connectivity index (χ2n) is 8.50. The third-order valence-corrected chi connectivity index (χ3v) is 5.27. The van der Waals surface area contributed by atoms with Crippen LogP contribution in [0.25, 0.3) is 0 Å². The predicted molar refractivity (Wildman–Crippen MR) is 132 cm³/mol. The molecule has 0 saturated heterocycles. The van der Waals surface area contributed by atoms with E-state index in [2.05, 4.69) is 5.32 Å². The first-order chi connectivity index (χ1) is 15.7. The standard InChI is InChI=1S/C27H38N2O4/c1-7-32-24-14-12-22(17-25(24)33-8-2)13-15-26(30)29(21(6)27(31)28-19(3)4)18-23-11-9-10-20(5)16-23/h9-12,14,16-17,19,21H,7-8,13,15,18H2,1-6H3,(H,28,31)/t21-/m0/s1. The van der Waals surface area contributed by atoms with E-state index in [0.717, 1.165) is 16.7 Å². The smallest absolute Gasteiger partial charge is 0.242 e. The summed E-state index contributed by atoms with van der Waals surface area (Å²) in [6.07, 6.45) is 0.846. The van der Waals surface area contributed by atoms with Crippen molar-refractivity contribution in [3.8, 4) is 11.5 Å². The number of nitrogens with zero attached hydrogens (tertiary/aromatic N) is 1. The van der Waals surface area contributed by atoms with E-state index in [1.807, 2.05) is 77.1 Å². The van der Waals surface area contributed by atoms with Gasteiger partial charge in [0.1, 0.15) is 6.04 Å². The molecule has 0 aliphatic rings. The molecule has 1 N–H and O–H groups in total. The summed E-state index contributed by atoms with van der Waals surface area (Å²) in [6, 6.07) is 13.2. The number of hydrogen-bond donors (Lipinski definition) is 1. The van der Waals surface area contributed by atoms with Crippen molar-refractivity contribution in [2.24, 2.45) is 0 Å². The number of carbonyl (C=O) groups is 2. The summed E-state index contributed by atoms with van der Waals surface area (Å²) in [5.41, 5.74) is 3.12. The van der Waals surface area contributed by atoms with E-state index in [-0.39, 0.29) is 17.9 Å². The van der Waals surface area contributed by atoms with Gasteiger partial charge in [-0.1, -0.05) is 35.9 Å². The fraction of sp³-hybridized carbons (Fsp3) is 0.481. The number of amides is 2. The fourth-order valence-electron chi connectivity index (χ4n) is 3.64. The highest BCUT2D eigenvalue weighted by Crippen LogP contribution is 2.29. The molecule has 6 nitrogen and oxygen atoms in total. The average Bonchev–Trinajstić information content (AvgIpc) is 2.76. The van der Waals surface area contributed by atoms with E-state index in [9.17, 15) is 9.59 Å². The number of ether oxygens (including phenoxy) is 2. The summed E-state index contributed by atoms with van der Waals surface area (Å²) in [5, 5.41) is 2.93. The highest BCUT2D eigenvalue weighted by atomic mass is 16.5. The number of rotatable bonds is 12. The molecule has 1 atom stereocenters. The van der Waals surface area contributed by atoms with E-state index in [0.29, 0.717) is 44.1 Å². The SMILES string of the molecule is CCOc1ccc(CCC(=O)N(Cc2cccc(C)c2)[C@@H](C)C(=O)NC(C)C)cc1OCC. The minimum absolute atomic E-state index is 0.0108. The molecule has 0 unspecified atom stereocenters. The number of benzene rings is 2.